The summed E-state index contributed by atoms with van der Waals surface area (Å²) in [5.74, 6) is 2.66. The Morgan fingerprint density at radius 2 is 2.00 bits per heavy atom. The van der Waals surface area contributed by atoms with Crippen molar-refractivity contribution < 1.29 is 9.53 Å². The van der Waals surface area contributed by atoms with Gasteiger partial charge in [0, 0.05) is 18.1 Å². The third-order valence-electron chi connectivity index (χ3n) is 3.58. The van der Waals surface area contributed by atoms with Crippen LogP contribution in [0.5, 0.6) is 5.75 Å². The first kappa shape index (κ1) is 15.9. The van der Waals surface area contributed by atoms with Gasteiger partial charge in [-0.15, -0.1) is 11.8 Å². The van der Waals surface area contributed by atoms with Crippen LogP contribution in [0.15, 0.2) is 48.8 Å². The molecule has 1 amide bonds. The van der Waals surface area contributed by atoms with Crippen LogP contribution >= 0.6 is 11.8 Å². The number of amides is 1. The fraction of sp³-hybridized carbons (Fsp3) is 0.333. The summed E-state index contributed by atoms with van der Waals surface area (Å²) >= 11 is 1.59. The highest BCUT2D eigenvalue weighted by atomic mass is 32.2. The van der Waals surface area contributed by atoms with Gasteiger partial charge < -0.3 is 10.1 Å². The quantitative estimate of drug-likeness (QED) is 0.802. The lowest BCUT2D eigenvalue weighted by molar-refractivity contribution is -0.113. The molecule has 0 saturated heterocycles. The molecule has 1 aliphatic carbocycles. The number of nitrogens with one attached hydrogen (secondary N) is 1. The zero-order chi connectivity index (χ0) is 15.9. The molecule has 5 heteroatoms. The van der Waals surface area contributed by atoms with Gasteiger partial charge in [0.2, 0.25) is 5.91 Å². The Hall–Kier alpha value is -2.01. The number of rotatable bonds is 8. The average Bonchev–Trinajstić information content (AvgIpc) is 3.39. The lowest BCUT2D eigenvalue weighted by atomic mass is 10.3. The second kappa shape index (κ2) is 8.02. The van der Waals surface area contributed by atoms with Crippen LogP contribution in [0, 0.1) is 5.92 Å². The van der Waals surface area contributed by atoms with E-state index in [1.165, 1.54) is 18.4 Å². The first-order valence-corrected chi connectivity index (χ1v) is 8.95. The van der Waals surface area contributed by atoms with Gasteiger partial charge in [-0.25, -0.2) is 0 Å². The third kappa shape index (κ3) is 5.28. The van der Waals surface area contributed by atoms with Gasteiger partial charge in [-0.05, 0) is 48.6 Å². The predicted octanol–water partition coefficient (Wildman–Crippen LogP) is 3.74. The van der Waals surface area contributed by atoms with Crippen LogP contribution in [-0.2, 0) is 10.5 Å². The molecule has 1 aliphatic rings. The van der Waals surface area contributed by atoms with E-state index < -0.39 is 0 Å². The minimum atomic E-state index is -0.00784. The van der Waals surface area contributed by atoms with Gasteiger partial charge in [0.1, 0.15) is 5.75 Å². The molecule has 0 radical (unpaired) electrons. The maximum absolute atomic E-state index is 12.1. The van der Waals surface area contributed by atoms with Crippen molar-refractivity contribution in [3.05, 3.63) is 54.4 Å². The molecule has 23 heavy (non-hydrogen) atoms. The minimum absolute atomic E-state index is 0.00784. The molecule has 1 aromatic heterocycles. The first-order chi connectivity index (χ1) is 11.3. The van der Waals surface area contributed by atoms with Gasteiger partial charge in [0.05, 0.1) is 18.0 Å². The van der Waals surface area contributed by atoms with E-state index in [0.29, 0.717) is 11.7 Å². The van der Waals surface area contributed by atoms with Gasteiger partial charge in [0.15, 0.2) is 0 Å². The number of ether oxygens (including phenoxy) is 1. The third-order valence-corrected chi connectivity index (χ3v) is 4.59. The largest absolute Gasteiger partial charge is 0.491 e. The smallest absolute Gasteiger partial charge is 0.234 e. The molecule has 1 N–H and O–H groups in total. The minimum Gasteiger partial charge on any atom is -0.491 e. The zero-order valence-corrected chi connectivity index (χ0v) is 13.7. The van der Waals surface area contributed by atoms with Gasteiger partial charge in [-0.3, -0.25) is 9.78 Å². The monoisotopic (exact) mass is 328 g/mol. The summed E-state index contributed by atoms with van der Waals surface area (Å²) in [5.41, 5.74) is 1.92. The van der Waals surface area contributed by atoms with E-state index in [1.54, 1.807) is 24.2 Å². The highest BCUT2D eigenvalue weighted by Crippen LogP contribution is 2.31. The number of benzene rings is 1. The van der Waals surface area contributed by atoms with Crippen molar-refractivity contribution in [2.75, 3.05) is 17.7 Å². The standard InChI is InChI=1S/C18H20N2O2S/c21-18(13-23-12-15-7-9-19-10-8-15)20-16-3-1-2-4-17(16)22-11-14-5-6-14/h1-4,7-10,14H,5-6,11-13H2,(H,20,21). The van der Waals surface area contributed by atoms with Gasteiger partial charge in [-0.1, -0.05) is 12.1 Å². The van der Waals surface area contributed by atoms with Crippen molar-refractivity contribution in [3.8, 4) is 5.75 Å². The average molecular weight is 328 g/mol. The number of nitrogens with zero attached hydrogens (tertiary/aromatic N) is 1. The number of hydrogen-bond acceptors (Lipinski definition) is 4. The molecule has 0 aliphatic heterocycles. The maximum Gasteiger partial charge on any atom is 0.234 e. The maximum atomic E-state index is 12.1. The molecule has 1 fully saturated rings. The summed E-state index contributed by atoms with van der Waals surface area (Å²) in [7, 11) is 0. The van der Waals surface area contributed by atoms with E-state index in [9.17, 15) is 4.79 Å². The number of para-hydroxylation sites is 2. The number of pyridine rings is 1. The molecule has 120 valence electrons. The number of anilines is 1. The molecule has 1 saturated carbocycles. The fourth-order valence-corrected chi connectivity index (χ4v) is 2.90. The van der Waals surface area contributed by atoms with Crippen molar-refractivity contribution in [2.45, 2.75) is 18.6 Å². The van der Waals surface area contributed by atoms with Crippen molar-refractivity contribution in [1.82, 2.24) is 4.98 Å². The summed E-state index contributed by atoms with van der Waals surface area (Å²) in [6, 6.07) is 11.5. The zero-order valence-electron chi connectivity index (χ0n) is 12.9. The Bertz CT molecular complexity index is 644. The molecule has 2 aromatic rings. The lowest BCUT2D eigenvalue weighted by Crippen LogP contribution is -2.15. The second-order valence-electron chi connectivity index (χ2n) is 5.65. The summed E-state index contributed by atoms with van der Waals surface area (Å²) < 4.78 is 5.81. The molecule has 0 atom stereocenters. The first-order valence-electron chi connectivity index (χ1n) is 7.79. The van der Waals surface area contributed by atoms with Gasteiger partial charge in [-0.2, -0.15) is 0 Å². The summed E-state index contributed by atoms with van der Waals surface area (Å²) in [6.45, 7) is 0.740. The van der Waals surface area contributed by atoms with Crippen molar-refractivity contribution in [3.63, 3.8) is 0 Å². The second-order valence-corrected chi connectivity index (χ2v) is 6.63. The summed E-state index contributed by atoms with van der Waals surface area (Å²) in [6.07, 6.45) is 6.03. The lowest BCUT2D eigenvalue weighted by Gasteiger charge is -2.12. The molecular weight excluding hydrogens is 308 g/mol. The van der Waals surface area contributed by atoms with Crippen molar-refractivity contribution in [2.24, 2.45) is 5.92 Å². The molecule has 3 rings (SSSR count). The predicted molar refractivity (Wildman–Crippen MR) is 93.7 cm³/mol. The van der Waals surface area contributed by atoms with Crippen molar-refractivity contribution >= 4 is 23.4 Å². The summed E-state index contributed by atoms with van der Waals surface area (Å²) in [5, 5.41) is 2.94. The van der Waals surface area contributed by atoms with Crippen LogP contribution in [0.25, 0.3) is 0 Å². The van der Waals surface area contributed by atoms with E-state index in [-0.39, 0.29) is 5.91 Å². The molecule has 1 aromatic carbocycles. The van der Waals surface area contributed by atoms with Crippen LogP contribution in [0.3, 0.4) is 0 Å². The Kier molecular flexibility index (Phi) is 5.53. The van der Waals surface area contributed by atoms with Crippen LogP contribution in [0.2, 0.25) is 0 Å². The van der Waals surface area contributed by atoms with E-state index in [1.807, 2.05) is 36.4 Å². The molecule has 0 unspecified atom stereocenters. The Morgan fingerprint density at radius 3 is 2.78 bits per heavy atom. The fourth-order valence-electron chi connectivity index (χ4n) is 2.11. The van der Waals surface area contributed by atoms with E-state index in [4.69, 9.17) is 4.74 Å². The highest BCUT2D eigenvalue weighted by molar-refractivity contribution is 7.99. The Labute approximate surface area is 140 Å². The van der Waals surface area contributed by atoms with Crippen LogP contribution in [0.1, 0.15) is 18.4 Å². The number of hydrogen-bond donors (Lipinski definition) is 1. The van der Waals surface area contributed by atoms with Crippen LogP contribution in [-0.4, -0.2) is 23.3 Å². The van der Waals surface area contributed by atoms with Crippen LogP contribution in [0.4, 0.5) is 5.69 Å². The van der Waals surface area contributed by atoms with Gasteiger partial charge >= 0.3 is 0 Å². The molecular formula is C18H20N2O2S. The van der Waals surface area contributed by atoms with E-state index >= 15 is 0 Å². The molecule has 0 bridgehead atoms. The van der Waals surface area contributed by atoms with Crippen LogP contribution < -0.4 is 10.1 Å². The molecule has 0 spiro atoms. The Balaban J connectivity index is 1.47. The topological polar surface area (TPSA) is 51.2 Å². The van der Waals surface area contributed by atoms with E-state index in [2.05, 4.69) is 10.3 Å². The van der Waals surface area contributed by atoms with Crippen molar-refractivity contribution in [1.29, 1.82) is 0 Å². The normalized spacial score (nSPS) is 13.6. The molecule has 4 nitrogen and oxygen atoms in total. The summed E-state index contributed by atoms with van der Waals surface area (Å²) in [4.78, 5) is 16.1. The van der Waals surface area contributed by atoms with Gasteiger partial charge in [0.25, 0.3) is 0 Å². The number of thioether (sulfide) groups is 1. The Morgan fingerprint density at radius 1 is 1.22 bits per heavy atom. The number of carbonyl (C=O) groups excluding carboxylic acids is 1. The molecule has 1 heterocycles. The highest BCUT2D eigenvalue weighted by Gasteiger charge is 2.22. The number of carbonyl (C=O) groups is 1. The SMILES string of the molecule is O=C(CSCc1ccncc1)Nc1ccccc1OCC1CC1. The number of aromatic nitrogens is 1. The van der Waals surface area contributed by atoms with E-state index in [0.717, 1.165) is 23.8 Å².